The molecule has 0 aromatic heterocycles. The number of nitrogens with zero attached hydrogens (tertiary/aromatic N) is 2. The molecule has 7 heteroatoms. The van der Waals surface area contributed by atoms with Crippen LogP contribution < -0.4 is 26.2 Å². The summed E-state index contributed by atoms with van der Waals surface area (Å²) in [6.07, 6.45) is 0. The van der Waals surface area contributed by atoms with E-state index in [1.165, 1.54) is 0 Å². The first-order valence-corrected chi connectivity index (χ1v) is 14.4. The van der Waals surface area contributed by atoms with Crippen LogP contribution >= 0.6 is 0 Å². The summed E-state index contributed by atoms with van der Waals surface area (Å²) in [6, 6.07) is 30.2. The zero-order valence-electron chi connectivity index (χ0n) is 19.2. The van der Waals surface area contributed by atoms with E-state index < -0.39 is 13.3 Å². The second-order valence-corrected chi connectivity index (χ2v) is 13.8. The molecule has 35 heavy (non-hydrogen) atoms. The standard InChI is InChI=1S/C28H22N2O4Se/c1-33-23-15-7-5-13-21(23)29-27(31)19-11-3-9-17-25(19)35(29)26-18-10-4-12-20(26)28(32)30(35)22-14-6-8-16-24(22)34-2/h3-18H,1-2H3. The van der Waals surface area contributed by atoms with E-state index in [1.807, 2.05) is 105 Å². The summed E-state index contributed by atoms with van der Waals surface area (Å²) in [5.41, 5.74) is 2.48. The molecule has 0 N–H and O–H groups in total. The van der Waals surface area contributed by atoms with Crippen molar-refractivity contribution in [3.05, 3.63) is 108 Å². The average Bonchev–Trinajstić information content (AvgIpc) is 3.32. The summed E-state index contributed by atoms with van der Waals surface area (Å²) < 4.78 is 16.9. The van der Waals surface area contributed by atoms with Crippen molar-refractivity contribution < 1.29 is 19.1 Å². The number of carbonyl (C=O) groups is 2. The van der Waals surface area contributed by atoms with Gasteiger partial charge in [-0.2, -0.15) is 0 Å². The van der Waals surface area contributed by atoms with Gasteiger partial charge in [-0.05, 0) is 0 Å². The van der Waals surface area contributed by atoms with Crippen LogP contribution in [0.5, 0.6) is 11.5 Å². The Kier molecular flexibility index (Phi) is 4.92. The first-order chi connectivity index (χ1) is 17.1. The van der Waals surface area contributed by atoms with Crippen molar-refractivity contribution in [3.63, 3.8) is 0 Å². The van der Waals surface area contributed by atoms with Crippen LogP contribution in [0.3, 0.4) is 0 Å². The molecule has 0 saturated carbocycles. The van der Waals surface area contributed by atoms with Crippen molar-refractivity contribution in [2.75, 3.05) is 22.1 Å². The van der Waals surface area contributed by atoms with E-state index in [1.54, 1.807) is 14.2 Å². The number of anilines is 2. The van der Waals surface area contributed by atoms with Gasteiger partial charge in [0.05, 0.1) is 0 Å². The van der Waals surface area contributed by atoms with Gasteiger partial charge in [0, 0.05) is 0 Å². The van der Waals surface area contributed by atoms with Gasteiger partial charge in [0.25, 0.3) is 0 Å². The maximum atomic E-state index is 14.2. The summed E-state index contributed by atoms with van der Waals surface area (Å²) >= 11 is -3.74. The van der Waals surface area contributed by atoms with E-state index in [2.05, 4.69) is 0 Å². The number of carbonyl (C=O) groups excluding carboxylic acids is 2. The number of hydrogen-bond donors (Lipinski definition) is 0. The van der Waals surface area contributed by atoms with E-state index >= 15 is 0 Å². The molecule has 0 bridgehead atoms. The minimum absolute atomic E-state index is 0.144. The predicted octanol–water partition coefficient (Wildman–Crippen LogP) is 3.58. The van der Waals surface area contributed by atoms with Crippen LogP contribution in [-0.2, 0) is 0 Å². The number of para-hydroxylation sites is 4. The fourth-order valence-corrected chi connectivity index (χ4v) is 13.7. The third-order valence-corrected chi connectivity index (χ3v) is 14.2. The van der Waals surface area contributed by atoms with Crippen LogP contribution in [0.15, 0.2) is 97.1 Å². The third kappa shape index (κ3) is 2.76. The van der Waals surface area contributed by atoms with Crippen molar-refractivity contribution in [2.45, 2.75) is 0 Å². The van der Waals surface area contributed by atoms with Crippen LogP contribution in [-0.4, -0.2) is 39.3 Å². The Hall–Kier alpha value is -4.06. The van der Waals surface area contributed by atoms with Gasteiger partial charge >= 0.3 is 206 Å². The Morgan fingerprint density at radius 3 is 1.34 bits per heavy atom. The number of rotatable bonds is 4. The number of hydrogen-bond acceptors (Lipinski definition) is 4. The zero-order valence-corrected chi connectivity index (χ0v) is 20.9. The van der Waals surface area contributed by atoms with E-state index in [0.29, 0.717) is 34.0 Å². The van der Waals surface area contributed by atoms with E-state index in [-0.39, 0.29) is 11.8 Å². The van der Waals surface area contributed by atoms with Crippen LogP contribution in [0.1, 0.15) is 20.7 Å². The Morgan fingerprint density at radius 2 is 0.914 bits per heavy atom. The van der Waals surface area contributed by atoms with Crippen LogP contribution in [0.2, 0.25) is 0 Å². The summed E-state index contributed by atoms with van der Waals surface area (Å²) in [5.74, 6) is 0.855. The van der Waals surface area contributed by atoms with Gasteiger partial charge in [-0.3, -0.25) is 0 Å². The third-order valence-electron chi connectivity index (χ3n) is 6.35. The summed E-state index contributed by atoms with van der Waals surface area (Å²) in [4.78, 5) is 28.4. The Labute approximate surface area is 206 Å². The molecule has 6 nitrogen and oxygen atoms in total. The molecule has 0 saturated heterocycles. The quantitative estimate of drug-likeness (QED) is 0.380. The van der Waals surface area contributed by atoms with Crippen LogP contribution in [0.25, 0.3) is 0 Å². The Bertz CT molecular complexity index is 1390. The molecule has 4 aromatic rings. The molecule has 6 rings (SSSR count). The SMILES string of the molecule is COc1ccccc1N1C(=O)c2ccccc2[Se]12c1ccccc1C(=O)N2c1ccccc1OC. The van der Waals surface area contributed by atoms with Crippen molar-refractivity contribution in [3.8, 4) is 11.5 Å². The molecular formula is C28H22N2O4Se. The van der Waals surface area contributed by atoms with Gasteiger partial charge in [-0.25, -0.2) is 0 Å². The molecule has 0 aliphatic carbocycles. The molecule has 2 heterocycles. The molecule has 2 aliphatic rings. The molecule has 1 spiro atoms. The van der Waals surface area contributed by atoms with Gasteiger partial charge in [-0.1, -0.05) is 0 Å². The summed E-state index contributed by atoms with van der Waals surface area (Å²) in [6.45, 7) is 0. The van der Waals surface area contributed by atoms with Crippen molar-refractivity contribution >= 4 is 45.4 Å². The fourth-order valence-electron chi connectivity index (χ4n) is 4.93. The monoisotopic (exact) mass is 530 g/mol. The van der Waals surface area contributed by atoms with Crippen LogP contribution in [0.4, 0.5) is 11.4 Å². The Balaban J connectivity index is 1.78. The number of methoxy groups -OCH3 is 2. The topological polar surface area (TPSA) is 59.1 Å². The molecular weight excluding hydrogens is 507 g/mol. The normalized spacial score (nSPS) is 16.3. The van der Waals surface area contributed by atoms with Gasteiger partial charge in [0.2, 0.25) is 0 Å². The number of ether oxygens (including phenoxy) is 2. The molecule has 0 radical (unpaired) electrons. The first kappa shape index (κ1) is 21.5. The minimum atomic E-state index is -3.74. The molecule has 0 fully saturated rings. The molecule has 2 aliphatic heterocycles. The van der Waals surface area contributed by atoms with Gasteiger partial charge in [0.1, 0.15) is 0 Å². The van der Waals surface area contributed by atoms with Crippen molar-refractivity contribution in [1.29, 1.82) is 0 Å². The molecule has 4 aromatic carbocycles. The number of benzene rings is 4. The zero-order chi connectivity index (χ0) is 24.2. The second-order valence-electron chi connectivity index (χ2n) is 8.08. The molecule has 0 atom stereocenters. The molecule has 174 valence electrons. The number of fused-ring (bicyclic) bond motifs is 4. The van der Waals surface area contributed by atoms with Gasteiger partial charge in [-0.15, -0.1) is 0 Å². The van der Waals surface area contributed by atoms with E-state index in [9.17, 15) is 9.59 Å². The van der Waals surface area contributed by atoms with Gasteiger partial charge < -0.3 is 0 Å². The Morgan fingerprint density at radius 1 is 0.543 bits per heavy atom. The van der Waals surface area contributed by atoms with Gasteiger partial charge in [0.15, 0.2) is 0 Å². The predicted molar refractivity (Wildman–Crippen MR) is 138 cm³/mol. The van der Waals surface area contributed by atoms with Crippen LogP contribution in [0, 0.1) is 0 Å². The number of amides is 2. The fraction of sp³-hybridized carbons (Fsp3) is 0.0714. The molecule has 2 amide bonds. The maximum absolute atomic E-state index is 14.2. The first-order valence-electron chi connectivity index (χ1n) is 11.1. The summed E-state index contributed by atoms with van der Waals surface area (Å²) in [5, 5.41) is 0. The molecule has 0 unspecified atom stereocenters. The second kappa shape index (κ2) is 8.01. The van der Waals surface area contributed by atoms with Crippen molar-refractivity contribution in [2.24, 2.45) is 0 Å². The van der Waals surface area contributed by atoms with Crippen molar-refractivity contribution in [1.82, 2.24) is 0 Å². The van der Waals surface area contributed by atoms with E-state index in [0.717, 1.165) is 8.92 Å². The summed E-state index contributed by atoms with van der Waals surface area (Å²) in [7, 11) is 3.18. The van der Waals surface area contributed by atoms with E-state index in [4.69, 9.17) is 9.47 Å². The average molecular weight is 529 g/mol.